The molecule has 1 fully saturated rings. The molecule has 1 aliphatic rings. The van der Waals surface area contributed by atoms with Crippen LogP contribution in [0.25, 0.3) is 0 Å². The summed E-state index contributed by atoms with van der Waals surface area (Å²) in [7, 11) is 4.21. The van der Waals surface area contributed by atoms with Gasteiger partial charge in [-0.2, -0.15) is 0 Å². The molecule has 0 unspecified atom stereocenters. The predicted octanol–water partition coefficient (Wildman–Crippen LogP) is 3.85. The Balaban J connectivity index is 2.10. The molecular weight excluding hydrogens is 246 g/mol. The molecule has 20 heavy (non-hydrogen) atoms. The zero-order valence-corrected chi connectivity index (χ0v) is 13.4. The fraction of sp³-hybridized carbons (Fsp3) is 0.667. The lowest BCUT2D eigenvalue weighted by Crippen LogP contribution is -2.33. The van der Waals surface area contributed by atoms with Gasteiger partial charge in [0, 0.05) is 12.5 Å². The summed E-state index contributed by atoms with van der Waals surface area (Å²) >= 11 is 0. The van der Waals surface area contributed by atoms with Gasteiger partial charge >= 0.3 is 0 Å². The van der Waals surface area contributed by atoms with E-state index in [1.807, 2.05) is 0 Å². The van der Waals surface area contributed by atoms with Gasteiger partial charge in [0.05, 0.1) is 12.7 Å². The fourth-order valence-electron chi connectivity index (χ4n) is 3.41. The molecule has 0 N–H and O–H groups in total. The topological polar surface area (TPSA) is 12.5 Å². The standard InChI is InChI=1S/C18H29NO/c1-14-8-5-6-10-16(14)18-15(2)9-7-11-17(18)20-13-12-19(3)4/h5-6,8,10,15,17-18H,7,9,11-13H2,1-4H3/t15-,17+,18+/m1/s1. The van der Waals surface area contributed by atoms with Gasteiger partial charge in [-0.1, -0.05) is 37.6 Å². The predicted molar refractivity (Wildman–Crippen MR) is 85.2 cm³/mol. The van der Waals surface area contributed by atoms with E-state index < -0.39 is 0 Å². The summed E-state index contributed by atoms with van der Waals surface area (Å²) < 4.78 is 6.24. The van der Waals surface area contributed by atoms with Crippen LogP contribution in [0.1, 0.15) is 43.2 Å². The Morgan fingerprint density at radius 2 is 1.95 bits per heavy atom. The highest BCUT2D eigenvalue weighted by molar-refractivity contribution is 5.31. The van der Waals surface area contributed by atoms with E-state index in [9.17, 15) is 0 Å². The summed E-state index contributed by atoms with van der Waals surface area (Å²) in [6, 6.07) is 8.83. The third-order valence-electron chi connectivity index (χ3n) is 4.58. The highest BCUT2D eigenvalue weighted by Crippen LogP contribution is 2.40. The van der Waals surface area contributed by atoms with Crippen molar-refractivity contribution in [2.75, 3.05) is 27.2 Å². The number of nitrogens with zero attached hydrogens (tertiary/aromatic N) is 1. The molecule has 0 saturated heterocycles. The molecule has 0 amide bonds. The number of hydrogen-bond acceptors (Lipinski definition) is 2. The lowest BCUT2D eigenvalue weighted by molar-refractivity contribution is -0.00753. The quantitative estimate of drug-likeness (QED) is 0.809. The van der Waals surface area contributed by atoms with E-state index in [2.05, 4.69) is 57.1 Å². The van der Waals surface area contributed by atoms with Crippen molar-refractivity contribution in [3.63, 3.8) is 0 Å². The molecule has 2 rings (SSSR count). The summed E-state index contributed by atoms with van der Waals surface area (Å²) in [5.41, 5.74) is 2.90. The summed E-state index contributed by atoms with van der Waals surface area (Å²) in [4.78, 5) is 2.19. The number of likely N-dealkylation sites (N-methyl/N-ethyl adjacent to an activating group) is 1. The molecule has 0 radical (unpaired) electrons. The van der Waals surface area contributed by atoms with Crippen molar-refractivity contribution in [2.24, 2.45) is 5.92 Å². The molecule has 1 aliphatic carbocycles. The first-order valence-corrected chi connectivity index (χ1v) is 7.91. The molecule has 2 heteroatoms. The largest absolute Gasteiger partial charge is 0.376 e. The van der Waals surface area contributed by atoms with Crippen LogP contribution in [-0.2, 0) is 4.74 Å². The van der Waals surface area contributed by atoms with Crippen LogP contribution < -0.4 is 0 Å². The Hall–Kier alpha value is -0.860. The zero-order valence-electron chi connectivity index (χ0n) is 13.4. The van der Waals surface area contributed by atoms with Gasteiger partial charge in [0.1, 0.15) is 0 Å². The van der Waals surface area contributed by atoms with Crippen LogP contribution in [0.2, 0.25) is 0 Å². The van der Waals surface area contributed by atoms with Crippen molar-refractivity contribution in [3.05, 3.63) is 35.4 Å². The van der Waals surface area contributed by atoms with E-state index in [-0.39, 0.29) is 0 Å². The van der Waals surface area contributed by atoms with E-state index in [1.54, 1.807) is 0 Å². The van der Waals surface area contributed by atoms with Gasteiger partial charge < -0.3 is 9.64 Å². The van der Waals surface area contributed by atoms with Gasteiger partial charge in [0.25, 0.3) is 0 Å². The number of aryl methyl sites for hydroxylation is 1. The average molecular weight is 275 g/mol. The maximum Gasteiger partial charge on any atom is 0.0646 e. The van der Waals surface area contributed by atoms with Gasteiger partial charge in [0.15, 0.2) is 0 Å². The maximum atomic E-state index is 6.24. The minimum Gasteiger partial charge on any atom is -0.376 e. The van der Waals surface area contributed by atoms with E-state index in [1.165, 1.54) is 30.4 Å². The maximum absolute atomic E-state index is 6.24. The number of ether oxygens (including phenoxy) is 1. The van der Waals surface area contributed by atoms with Gasteiger partial charge in [-0.15, -0.1) is 0 Å². The van der Waals surface area contributed by atoms with Crippen LogP contribution in [0.4, 0.5) is 0 Å². The third-order valence-corrected chi connectivity index (χ3v) is 4.58. The molecule has 0 aromatic heterocycles. The van der Waals surface area contributed by atoms with Crippen LogP contribution in [0, 0.1) is 12.8 Å². The number of rotatable bonds is 5. The molecule has 0 heterocycles. The smallest absolute Gasteiger partial charge is 0.0646 e. The molecular formula is C18H29NO. The van der Waals surface area contributed by atoms with Crippen molar-refractivity contribution < 1.29 is 4.74 Å². The molecule has 0 bridgehead atoms. The van der Waals surface area contributed by atoms with Crippen LogP contribution in [0.5, 0.6) is 0 Å². The lowest BCUT2D eigenvalue weighted by Gasteiger charge is -2.37. The lowest BCUT2D eigenvalue weighted by atomic mass is 9.73. The van der Waals surface area contributed by atoms with E-state index in [4.69, 9.17) is 4.74 Å². The Kier molecular flexibility index (Phi) is 5.62. The normalized spacial score (nSPS) is 26.9. The van der Waals surface area contributed by atoms with E-state index in [0.717, 1.165) is 13.2 Å². The Morgan fingerprint density at radius 3 is 2.65 bits per heavy atom. The first kappa shape index (κ1) is 15.5. The van der Waals surface area contributed by atoms with E-state index >= 15 is 0 Å². The minimum atomic E-state index is 0.389. The second-order valence-corrected chi connectivity index (χ2v) is 6.50. The minimum absolute atomic E-state index is 0.389. The molecule has 2 nitrogen and oxygen atoms in total. The van der Waals surface area contributed by atoms with Crippen LogP contribution >= 0.6 is 0 Å². The second kappa shape index (κ2) is 7.24. The monoisotopic (exact) mass is 275 g/mol. The summed E-state index contributed by atoms with van der Waals surface area (Å²) in [5.74, 6) is 1.28. The first-order chi connectivity index (χ1) is 9.59. The van der Waals surface area contributed by atoms with Crippen molar-refractivity contribution in [2.45, 2.75) is 45.1 Å². The van der Waals surface area contributed by atoms with Crippen molar-refractivity contribution in [3.8, 4) is 0 Å². The number of hydrogen-bond donors (Lipinski definition) is 0. The molecule has 0 spiro atoms. The SMILES string of the molecule is Cc1ccccc1[C@@H]1[C@H](C)CCC[C@@H]1OCCN(C)C. The van der Waals surface area contributed by atoms with Crippen LogP contribution in [0.3, 0.4) is 0 Å². The molecule has 1 aromatic carbocycles. The molecule has 0 aliphatic heterocycles. The van der Waals surface area contributed by atoms with Gasteiger partial charge in [-0.25, -0.2) is 0 Å². The Bertz CT molecular complexity index is 416. The molecule has 112 valence electrons. The second-order valence-electron chi connectivity index (χ2n) is 6.50. The van der Waals surface area contributed by atoms with E-state index in [0.29, 0.717) is 17.9 Å². The van der Waals surface area contributed by atoms with Crippen LogP contribution in [-0.4, -0.2) is 38.3 Å². The third kappa shape index (κ3) is 3.83. The fourth-order valence-corrected chi connectivity index (χ4v) is 3.41. The van der Waals surface area contributed by atoms with Crippen molar-refractivity contribution in [1.82, 2.24) is 4.90 Å². The summed E-state index contributed by atoms with van der Waals surface area (Å²) in [6.45, 7) is 6.46. The summed E-state index contributed by atoms with van der Waals surface area (Å²) in [5, 5.41) is 0. The summed E-state index contributed by atoms with van der Waals surface area (Å²) in [6.07, 6.45) is 4.22. The van der Waals surface area contributed by atoms with Gasteiger partial charge in [0.2, 0.25) is 0 Å². The highest BCUT2D eigenvalue weighted by atomic mass is 16.5. The Morgan fingerprint density at radius 1 is 1.20 bits per heavy atom. The highest BCUT2D eigenvalue weighted by Gasteiger charge is 2.33. The first-order valence-electron chi connectivity index (χ1n) is 7.91. The van der Waals surface area contributed by atoms with Gasteiger partial charge in [-0.3, -0.25) is 0 Å². The number of benzene rings is 1. The van der Waals surface area contributed by atoms with Crippen LogP contribution in [0.15, 0.2) is 24.3 Å². The molecule has 3 atom stereocenters. The average Bonchev–Trinajstić information content (AvgIpc) is 2.40. The molecule has 1 aromatic rings. The van der Waals surface area contributed by atoms with Crippen molar-refractivity contribution in [1.29, 1.82) is 0 Å². The van der Waals surface area contributed by atoms with Crippen molar-refractivity contribution >= 4 is 0 Å². The molecule has 1 saturated carbocycles. The Labute approximate surface area is 124 Å². The zero-order chi connectivity index (χ0) is 14.5. The van der Waals surface area contributed by atoms with Gasteiger partial charge in [-0.05, 0) is 50.9 Å².